The summed E-state index contributed by atoms with van der Waals surface area (Å²) >= 11 is 0. The summed E-state index contributed by atoms with van der Waals surface area (Å²) in [4.78, 5) is 23.9. The van der Waals surface area contributed by atoms with Crippen molar-refractivity contribution in [3.05, 3.63) is 12.2 Å². The quantitative estimate of drug-likeness (QED) is 0.617. The van der Waals surface area contributed by atoms with Crippen LogP contribution in [0.25, 0.3) is 0 Å². The molecule has 0 heterocycles. The van der Waals surface area contributed by atoms with Gasteiger partial charge in [-0.05, 0) is 26.2 Å². The summed E-state index contributed by atoms with van der Waals surface area (Å²) in [5, 5.41) is 0. The molecule has 0 aromatic rings. The highest BCUT2D eigenvalue weighted by molar-refractivity contribution is 5.99. The van der Waals surface area contributed by atoms with E-state index in [1.807, 2.05) is 26.8 Å². The summed E-state index contributed by atoms with van der Waals surface area (Å²) in [6.45, 7) is 7.51. The standard InChI is InChI=1S/C13H18O2/c1-8(14)10-7-9-5-6-13(10,4)11(15)12(9,2)3/h5-6,9-10H,7H2,1-4H3. The van der Waals surface area contributed by atoms with Crippen LogP contribution < -0.4 is 0 Å². The van der Waals surface area contributed by atoms with Crippen molar-refractivity contribution in [1.29, 1.82) is 0 Å². The third-order valence-corrected chi connectivity index (χ3v) is 4.38. The molecule has 3 rings (SSSR count). The fourth-order valence-corrected chi connectivity index (χ4v) is 3.23. The number of hydrogen-bond acceptors (Lipinski definition) is 2. The van der Waals surface area contributed by atoms with Crippen molar-refractivity contribution < 1.29 is 9.59 Å². The minimum Gasteiger partial charge on any atom is -0.300 e. The minimum atomic E-state index is -0.552. The van der Waals surface area contributed by atoms with Gasteiger partial charge >= 0.3 is 0 Å². The lowest BCUT2D eigenvalue weighted by atomic mass is 9.49. The molecule has 0 aromatic carbocycles. The maximum Gasteiger partial charge on any atom is 0.149 e. The van der Waals surface area contributed by atoms with Crippen LogP contribution in [0.3, 0.4) is 0 Å². The molecule has 3 unspecified atom stereocenters. The van der Waals surface area contributed by atoms with E-state index in [0.717, 1.165) is 6.42 Å². The molecule has 0 saturated heterocycles. The van der Waals surface area contributed by atoms with Crippen LogP contribution in [0.4, 0.5) is 0 Å². The van der Waals surface area contributed by atoms with Gasteiger partial charge in [-0.25, -0.2) is 0 Å². The number of fused-ring (bicyclic) bond motifs is 2. The average Bonchev–Trinajstić information content (AvgIpc) is 2.14. The van der Waals surface area contributed by atoms with Gasteiger partial charge in [-0.1, -0.05) is 26.0 Å². The van der Waals surface area contributed by atoms with E-state index in [0.29, 0.717) is 0 Å². The number of ketones is 2. The van der Waals surface area contributed by atoms with E-state index in [4.69, 9.17) is 0 Å². The molecule has 2 nitrogen and oxygen atoms in total. The van der Waals surface area contributed by atoms with Gasteiger partial charge in [0.1, 0.15) is 11.6 Å². The van der Waals surface area contributed by atoms with Crippen LogP contribution in [0.5, 0.6) is 0 Å². The summed E-state index contributed by atoms with van der Waals surface area (Å²) < 4.78 is 0. The normalized spacial score (nSPS) is 42.0. The van der Waals surface area contributed by atoms with Crippen molar-refractivity contribution in [2.24, 2.45) is 22.7 Å². The van der Waals surface area contributed by atoms with Gasteiger partial charge in [0.05, 0.1) is 5.41 Å². The van der Waals surface area contributed by atoms with Crippen molar-refractivity contribution in [2.75, 3.05) is 0 Å². The van der Waals surface area contributed by atoms with E-state index < -0.39 is 5.41 Å². The first-order valence-corrected chi connectivity index (χ1v) is 5.55. The molecule has 0 amide bonds. The molecule has 0 spiro atoms. The summed E-state index contributed by atoms with van der Waals surface area (Å²) in [7, 11) is 0. The van der Waals surface area contributed by atoms with Crippen molar-refractivity contribution in [3.63, 3.8) is 0 Å². The molecule has 0 radical (unpaired) electrons. The number of rotatable bonds is 1. The van der Waals surface area contributed by atoms with Gasteiger partial charge in [0.15, 0.2) is 0 Å². The number of carbonyl (C=O) groups is 2. The van der Waals surface area contributed by atoms with Crippen LogP contribution in [0.15, 0.2) is 12.2 Å². The van der Waals surface area contributed by atoms with Crippen LogP contribution in [-0.2, 0) is 9.59 Å². The Labute approximate surface area is 90.7 Å². The molecule has 2 bridgehead atoms. The Morgan fingerprint density at radius 3 is 2.53 bits per heavy atom. The van der Waals surface area contributed by atoms with Crippen LogP contribution >= 0.6 is 0 Å². The van der Waals surface area contributed by atoms with Crippen molar-refractivity contribution in [1.82, 2.24) is 0 Å². The second-order valence-corrected chi connectivity index (χ2v) is 5.70. The smallest absolute Gasteiger partial charge is 0.149 e. The van der Waals surface area contributed by atoms with E-state index >= 15 is 0 Å². The highest BCUT2D eigenvalue weighted by Gasteiger charge is 2.57. The molecule has 15 heavy (non-hydrogen) atoms. The third kappa shape index (κ3) is 1.17. The second kappa shape index (κ2) is 2.81. The van der Waals surface area contributed by atoms with E-state index in [2.05, 4.69) is 6.08 Å². The highest BCUT2D eigenvalue weighted by atomic mass is 16.1. The summed E-state index contributed by atoms with van der Waals surface area (Å²) in [5.74, 6) is 0.512. The second-order valence-electron chi connectivity index (χ2n) is 5.70. The Morgan fingerprint density at radius 1 is 1.40 bits per heavy atom. The summed E-state index contributed by atoms with van der Waals surface area (Å²) in [6, 6.07) is 0. The summed E-state index contributed by atoms with van der Waals surface area (Å²) in [6.07, 6.45) is 4.92. The molecule has 3 atom stereocenters. The first-order valence-electron chi connectivity index (χ1n) is 5.55. The van der Waals surface area contributed by atoms with E-state index in [1.54, 1.807) is 6.92 Å². The zero-order valence-electron chi connectivity index (χ0n) is 9.83. The molecule has 0 N–H and O–H groups in total. The topological polar surface area (TPSA) is 34.1 Å². The lowest BCUT2D eigenvalue weighted by molar-refractivity contribution is -0.151. The monoisotopic (exact) mass is 206 g/mol. The molecule has 3 aliphatic carbocycles. The van der Waals surface area contributed by atoms with Crippen LogP contribution in [-0.4, -0.2) is 11.6 Å². The zero-order valence-corrected chi connectivity index (χ0v) is 9.83. The van der Waals surface area contributed by atoms with Crippen LogP contribution in [0.1, 0.15) is 34.1 Å². The molecule has 1 fully saturated rings. The largest absolute Gasteiger partial charge is 0.300 e. The van der Waals surface area contributed by atoms with Gasteiger partial charge in [-0.3, -0.25) is 9.59 Å². The van der Waals surface area contributed by atoms with E-state index in [-0.39, 0.29) is 28.8 Å². The fraction of sp³-hybridized carbons (Fsp3) is 0.692. The lowest BCUT2D eigenvalue weighted by Crippen LogP contribution is -2.56. The molecule has 82 valence electrons. The van der Waals surface area contributed by atoms with Crippen molar-refractivity contribution in [3.8, 4) is 0 Å². The maximum atomic E-state index is 12.3. The molecule has 3 aliphatic rings. The molecular weight excluding hydrogens is 188 g/mol. The van der Waals surface area contributed by atoms with Crippen molar-refractivity contribution >= 4 is 11.6 Å². The highest BCUT2D eigenvalue weighted by Crippen LogP contribution is 2.55. The Morgan fingerprint density at radius 2 is 2.00 bits per heavy atom. The zero-order chi connectivity index (χ0) is 11.4. The number of carbonyl (C=O) groups excluding carboxylic acids is 2. The molecular formula is C13H18O2. The molecule has 2 heteroatoms. The van der Waals surface area contributed by atoms with Gasteiger partial charge in [0.25, 0.3) is 0 Å². The fourth-order valence-electron chi connectivity index (χ4n) is 3.23. The average molecular weight is 206 g/mol. The minimum absolute atomic E-state index is 0.104. The van der Waals surface area contributed by atoms with Crippen LogP contribution in [0.2, 0.25) is 0 Å². The van der Waals surface area contributed by atoms with E-state index in [1.165, 1.54) is 0 Å². The Kier molecular flexibility index (Phi) is 1.98. The first-order chi connectivity index (χ1) is 6.80. The van der Waals surface area contributed by atoms with Gasteiger partial charge < -0.3 is 0 Å². The van der Waals surface area contributed by atoms with Gasteiger partial charge in [0.2, 0.25) is 0 Å². The van der Waals surface area contributed by atoms with Crippen molar-refractivity contribution in [2.45, 2.75) is 34.1 Å². The number of hydrogen-bond donors (Lipinski definition) is 0. The SMILES string of the molecule is CC(=O)C1CC2C=CC1(C)C(=O)C2(C)C. The Hall–Kier alpha value is -0.920. The van der Waals surface area contributed by atoms with Crippen LogP contribution in [0, 0.1) is 22.7 Å². The maximum absolute atomic E-state index is 12.3. The van der Waals surface area contributed by atoms with Gasteiger partial charge in [-0.2, -0.15) is 0 Å². The summed E-state index contributed by atoms with van der Waals surface area (Å²) in [5.41, 5.74) is -0.848. The number of Topliss-reactive ketones (excluding diaryl/α,β-unsaturated/α-hetero) is 2. The Balaban J connectivity index is 2.51. The molecule has 0 aliphatic heterocycles. The van der Waals surface area contributed by atoms with Gasteiger partial charge in [-0.15, -0.1) is 0 Å². The first kappa shape index (κ1) is 10.6. The molecule has 0 aromatic heterocycles. The molecule has 1 saturated carbocycles. The Bertz CT molecular complexity index is 365. The van der Waals surface area contributed by atoms with Gasteiger partial charge in [0, 0.05) is 11.3 Å². The van der Waals surface area contributed by atoms with E-state index in [9.17, 15) is 9.59 Å². The lowest BCUT2D eigenvalue weighted by Gasteiger charge is -2.52. The number of allylic oxidation sites excluding steroid dienone is 2. The predicted molar refractivity (Wildman–Crippen MR) is 58.3 cm³/mol. The third-order valence-electron chi connectivity index (χ3n) is 4.38. The predicted octanol–water partition coefficient (Wildman–Crippen LogP) is 2.38.